The maximum absolute atomic E-state index is 13.0. The molecule has 3 aromatic rings. The van der Waals surface area contributed by atoms with E-state index in [1.54, 1.807) is 13.8 Å². The van der Waals surface area contributed by atoms with E-state index in [0.29, 0.717) is 30.3 Å². The predicted molar refractivity (Wildman–Crippen MR) is 100.0 cm³/mol. The first kappa shape index (κ1) is 20.1. The number of aryl methyl sites for hydroxylation is 1. The number of carbonyl (C=O) groups is 1. The van der Waals surface area contributed by atoms with Crippen molar-refractivity contribution in [2.75, 3.05) is 0 Å². The van der Waals surface area contributed by atoms with E-state index in [4.69, 9.17) is 4.52 Å². The van der Waals surface area contributed by atoms with Gasteiger partial charge in [-0.2, -0.15) is 23.3 Å². The lowest BCUT2D eigenvalue weighted by Gasteiger charge is -2.26. The monoisotopic (exact) mass is 419 g/mol. The summed E-state index contributed by atoms with van der Waals surface area (Å²) < 4.78 is 45.5. The molecule has 1 aromatic carbocycles. The Labute approximate surface area is 170 Å². The molecule has 0 unspecified atom stereocenters. The molecule has 10 heteroatoms. The Hall–Kier alpha value is -3.17. The molecule has 0 aliphatic heterocycles. The van der Waals surface area contributed by atoms with Crippen LogP contribution in [0.4, 0.5) is 13.2 Å². The fourth-order valence-corrected chi connectivity index (χ4v) is 3.87. The molecule has 4 rings (SSSR count). The van der Waals surface area contributed by atoms with Gasteiger partial charge in [0.2, 0.25) is 5.89 Å². The molecule has 0 spiro atoms. The summed E-state index contributed by atoms with van der Waals surface area (Å²) in [6.07, 6.45) is 0.0770. The van der Waals surface area contributed by atoms with Gasteiger partial charge in [-0.05, 0) is 38.0 Å². The molecule has 1 aliphatic carbocycles. The highest BCUT2D eigenvalue weighted by atomic mass is 19.4. The van der Waals surface area contributed by atoms with E-state index in [1.165, 1.54) is 23.0 Å². The highest BCUT2D eigenvalue weighted by molar-refractivity contribution is 5.95. The smallest absolute Gasteiger partial charge is 0.340 e. The molecular weight excluding hydrogens is 399 g/mol. The minimum atomic E-state index is -4.46. The second-order valence-electron chi connectivity index (χ2n) is 7.48. The molecule has 30 heavy (non-hydrogen) atoms. The van der Waals surface area contributed by atoms with E-state index < -0.39 is 17.3 Å². The Morgan fingerprint density at radius 3 is 2.60 bits per heavy atom. The van der Waals surface area contributed by atoms with Gasteiger partial charge in [0.1, 0.15) is 5.54 Å². The van der Waals surface area contributed by atoms with E-state index in [2.05, 4.69) is 20.6 Å². The summed E-state index contributed by atoms with van der Waals surface area (Å²) in [5, 5.41) is 11.2. The number of nitrogens with zero attached hydrogens (tertiary/aromatic N) is 4. The first-order valence-electron chi connectivity index (χ1n) is 9.55. The summed E-state index contributed by atoms with van der Waals surface area (Å²) in [6, 6.07) is 4.82. The van der Waals surface area contributed by atoms with Crippen molar-refractivity contribution in [3.63, 3.8) is 0 Å². The first-order valence-corrected chi connectivity index (χ1v) is 9.55. The Morgan fingerprint density at radius 2 is 1.97 bits per heavy atom. The van der Waals surface area contributed by atoms with Crippen molar-refractivity contribution in [3.8, 4) is 5.69 Å². The Bertz CT molecular complexity index is 1080. The topological polar surface area (TPSA) is 85.8 Å². The van der Waals surface area contributed by atoms with Crippen LogP contribution in [0.2, 0.25) is 0 Å². The third kappa shape index (κ3) is 3.57. The zero-order chi connectivity index (χ0) is 21.5. The van der Waals surface area contributed by atoms with E-state index >= 15 is 0 Å². The number of rotatable bonds is 4. The van der Waals surface area contributed by atoms with E-state index in [9.17, 15) is 18.0 Å². The Morgan fingerprint density at radius 1 is 1.23 bits per heavy atom. The maximum Gasteiger partial charge on any atom is 0.416 e. The van der Waals surface area contributed by atoms with Crippen LogP contribution >= 0.6 is 0 Å². The van der Waals surface area contributed by atoms with Gasteiger partial charge in [0.05, 0.1) is 28.7 Å². The van der Waals surface area contributed by atoms with Gasteiger partial charge in [-0.1, -0.05) is 24.1 Å². The lowest BCUT2D eigenvalue weighted by atomic mass is 9.96. The van der Waals surface area contributed by atoms with Gasteiger partial charge in [0.25, 0.3) is 5.91 Å². The molecule has 2 aromatic heterocycles. The average Bonchev–Trinajstić information content (AvgIpc) is 3.42. The van der Waals surface area contributed by atoms with Crippen LogP contribution in [-0.2, 0) is 11.7 Å². The lowest BCUT2D eigenvalue weighted by Crippen LogP contribution is -2.44. The van der Waals surface area contributed by atoms with E-state index in [-0.39, 0.29) is 17.2 Å². The number of benzene rings is 1. The number of carbonyl (C=O) groups excluding carboxylic acids is 1. The molecular formula is C20H20F3N5O2. The van der Waals surface area contributed by atoms with Gasteiger partial charge in [-0.25, -0.2) is 4.68 Å². The molecule has 0 atom stereocenters. The summed E-state index contributed by atoms with van der Waals surface area (Å²) in [7, 11) is 0. The summed E-state index contributed by atoms with van der Waals surface area (Å²) >= 11 is 0. The average molecular weight is 419 g/mol. The second-order valence-corrected chi connectivity index (χ2v) is 7.48. The molecule has 1 aliphatic rings. The maximum atomic E-state index is 13.0. The van der Waals surface area contributed by atoms with Crippen LogP contribution in [0.3, 0.4) is 0 Å². The van der Waals surface area contributed by atoms with Gasteiger partial charge in [0.15, 0.2) is 5.82 Å². The Balaban J connectivity index is 1.63. The molecule has 2 heterocycles. The van der Waals surface area contributed by atoms with Crippen molar-refractivity contribution >= 4 is 5.91 Å². The van der Waals surface area contributed by atoms with Crippen molar-refractivity contribution in [3.05, 3.63) is 59.0 Å². The molecule has 1 fully saturated rings. The van der Waals surface area contributed by atoms with Crippen molar-refractivity contribution in [1.82, 2.24) is 25.2 Å². The number of hydrogen-bond acceptors (Lipinski definition) is 5. The Kier molecular flexibility index (Phi) is 4.87. The van der Waals surface area contributed by atoms with Gasteiger partial charge in [-0.15, -0.1) is 0 Å². The fraction of sp³-hybridized carbons (Fsp3) is 0.400. The van der Waals surface area contributed by atoms with Crippen LogP contribution in [-0.4, -0.2) is 25.8 Å². The normalized spacial score (nSPS) is 16.0. The number of hydrogen-bond donors (Lipinski definition) is 1. The summed E-state index contributed by atoms with van der Waals surface area (Å²) in [5.41, 5.74) is -0.563. The van der Waals surface area contributed by atoms with Crippen LogP contribution in [0.5, 0.6) is 0 Å². The third-order valence-electron chi connectivity index (χ3n) is 5.44. The first-order chi connectivity index (χ1) is 14.2. The number of nitrogens with one attached hydrogen (secondary N) is 1. The summed E-state index contributed by atoms with van der Waals surface area (Å²) in [4.78, 5) is 17.3. The number of halogens is 3. The largest absolute Gasteiger partial charge is 0.416 e. The molecule has 0 bridgehead atoms. The number of alkyl halides is 3. The minimum absolute atomic E-state index is 0.228. The lowest BCUT2D eigenvalue weighted by molar-refractivity contribution is -0.137. The SMILES string of the molecule is Cc1nc(C2(NC(=O)c3cnn(-c4cccc(C(F)(F)F)c4)c3C)CCCC2)no1. The highest BCUT2D eigenvalue weighted by Gasteiger charge is 2.41. The minimum Gasteiger partial charge on any atom is -0.340 e. The van der Waals surface area contributed by atoms with Crippen molar-refractivity contribution in [2.45, 2.75) is 51.2 Å². The van der Waals surface area contributed by atoms with Crippen LogP contribution < -0.4 is 5.32 Å². The molecule has 7 nitrogen and oxygen atoms in total. The molecule has 0 saturated heterocycles. The second kappa shape index (κ2) is 7.26. The van der Waals surface area contributed by atoms with Crippen molar-refractivity contribution in [1.29, 1.82) is 0 Å². The number of amides is 1. The van der Waals surface area contributed by atoms with Gasteiger partial charge in [-0.3, -0.25) is 4.79 Å². The highest BCUT2D eigenvalue weighted by Crippen LogP contribution is 2.37. The fourth-order valence-electron chi connectivity index (χ4n) is 3.87. The van der Waals surface area contributed by atoms with Crippen LogP contribution in [0.25, 0.3) is 5.69 Å². The van der Waals surface area contributed by atoms with Gasteiger partial charge in [0, 0.05) is 6.92 Å². The summed E-state index contributed by atoms with van der Waals surface area (Å²) in [5.74, 6) is 0.475. The standard InChI is InChI=1S/C20H20F3N5O2/c1-12-16(11-24-28(12)15-7-5-6-14(10-15)20(21,22)23)17(29)26-19(8-3-4-9-19)18-25-13(2)30-27-18/h5-7,10-11H,3-4,8-9H2,1-2H3,(H,26,29). The van der Waals surface area contributed by atoms with Crippen molar-refractivity contribution in [2.24, 2.45) is 0 Å². The third-order valence-corrected chi connectivity index (χ3v) is 5.44. The molecule has 0 radical (unpaired) electrons. The molecule has 1 saturated carbocycles. The summed E-state index contributed by atoms with van der Waals surface area (Å²) in [6.45, 7) is 3.33. The molecule has 1 amide bonds. The van der Waals surface area contributed by atoms with Gasteiger partial charge < -0.3 is 9.84 Å². The number of aromatic nitrogens is 4. The van der Waals surface area contributed by atoms with E-state index in [1.807, 2.05) is 0 Å². The molecule has 1 N–H and O–H groups in total. The van der Waals surface area contributed by atoms with Crippen LogP contribution in [0.1, 0.15) is 59.0 Å². The van der Waals surface area contributed by atoms with Gasteiger partial charge >= 0.3 is 6.18 Å². The quantitative estimate of drug-likeness (QED) is 0.688. The molecule has 158 valence electrons. The van der Waals surface area contributed by atoms with Crippen LogP contribution in [0, 0.1) is 13.8 Å². The van der Waals surface area contributed by atoms with E-state index in [0.717, 1.165) is 25.0 Å². The predicted octanol–water partition coefficient (Wildman–Crippen LogP) is 4.09. The van der Waals surface area contributed by atoms with Crippen LogP contribution in [0.15, 0.2) is 35.0 Å². The van der Waals surface area contributed by atoms with Crippen molar-refractivity contribution < 1.29 is 22.5 Å². The zero-order valence-electron chi connectivity index (χ0n) is 16.5. The zero-order valence-corrected chi connectivity index (χ0v) is 16.5.